The molecule has 2 heterocycles. The van der Waals surface area contributed by atoms with Crippen LogP contribution < -0.4 is 10.2 Å². The third kappa shape index (κ3) is 6.49. The van der Waals surface area contributed by atoms with E-state index in [-0.39, 0.29) is 35.8 Å². The van der Waals surface area contributed by atoms with E-state index >= 15 is 0 Å². The number of anilines is 1. The fourth-order valence-corrected chi connectivity index (χ4v) is 3.45. The van der Waals surface area contributed by atoms with Crippen LogP contribution in [0.3, 0.4) is 0 Å². The first kappa shape index (κ1) is 24.3. The van der Waals surface area contributed by atoms with Crippen LogP contribution in [0.25, 0.3) is 0 Å². The SMILES string of the molecule is CCNC(=NCC(c1cccc(F)c1)N(C)C)N1CCN(c2ncccn2)CC1.I. The Hall–Kier alpha value is -2.01. The summed E-state index contributed by atoms with van der Waals surface area (Å²) in [5, 5.41) is 3.40. The van der Waals surface area contributed by atoms with Gasteiger partial charge in [-0.1, -0.05) is 12.1 Å². The maximum absolute atomic E-state index is 13.7. The van der Waals surface area contributed by atoms with Crippen molar-refractivity contribution < 1.29 is 4.39 Å². The molecule has 1 fully saturated rings. The van der Waals surface area contributed by atoms with Crippen molar-refractivity contribution in [2.24, 2.45) is 4.99 Å². The summed E-state index contributed by atoms with van der Waals surface area (Å²) in [4.78, 5) is 20.1. The van der Waals surface area contributed by atoms with Gasteiger partial charge in [0.15, 0.2) is 5.96 Å². The summed E-state index contributed by atoms with van der Waals surface area (Å²) in [6, 6.07) is 8.61. The molecule has 0 saturated carbocycles. The average Bonchev–Trinajstić information content (AvgIpc) is 2.74. The molecule has 1 aromatic carbocycles. The number of halogens is 2. The summed E-state index contributed by atoms with van der Waals surface area (Å²) >= 11 is 0. The van der Waals surface area contributed by atoms with Gasteiger partial charge in [0.1, 0.15) is 5.82 Å². The number of benzene rings is 1. The van der Waals surface area contributed by atoms with Gasteiger partial charge in [-0.2, -0.15) is 0 Å². The van der Waals surface area contributed by atoms with Crippen molar-refractivity contribution in [3.05, 3.63) is 54.1 Å². The van der Waals surface area contributed by atoms with Gasteiger partial charge in [-0.3, -0.25) is 4.99 Å². The molecule has 1 saturated heterocycles. The Balaban J connectivity index is 0.00000320. The molecule has 0 aliphatic carbocycles. The van der Waals surface area contributed by atoms with E-state index in [1.54, 1.807) is 24.5 Å². The van der Waals surface area contributed by atoms with Crippen molar-refractivity contribution in [3.63, 3.8) is 0 Å². The topological polar surface area (TPSA) is 59.9 Å². The maximum Gasteiger partial charge on any atom is 0.225 e. The van der Waals surface area contributed by atoms with Gasteiger partial charge < -0.3 is 20.0 Å². The molecule has 1 atom stereocenters. The molecule has 7 nitrogen and oxygen atoms in total. The van der Waals surface area contributed by atoms with E-state index in [0.717, 1.165) is 50.2 Å². The van der Waals surface area contributed by atoms with Crippen molar-refractivity contribution in [3.8, 4) is 0 Å². The number of rotatable bonds is 6. The van der Waals surface area contributed by atoms with E-state index < -0.39 is 0 Å². The van der Waals surface area contributed by atoms with Crippen LogP contribution in [0.4, 0.5) is 10.3 Å². The number of nitrogens with one attached hydrogen (secondary N) is 1. The van der Waals surface area contributed by atoms with Gasteiger partial charge in [0, 0.05) is 45.1 Å². The van der Waals surface area contributed by atoms with Gasteiger partial charge in [-0.05, 0) is 44.8 Å². The van der Waals surface area contributed by atoms with Crippen LogP contribution in [0.15, 0.2) is 47.7 Å². The first-order chi connectivity index (χ1) is 14.1. The number of aliphatic imine (C=N–C) groups is 1. The summed E-state index contributed by atoms with van der Waals surface area (Å²) in [5.74, 6) is 1.45. The molecule has 1 unspecified atom stereocenters. The highest BCUT2D eigenvalue weighted by atomic mass is 127. The highest BCUT2D eigenvalue weighted by Crippen LogP contribution is 2.20. The molecule has 2 aromatic rings. The molecule has 1 N–H and O–H groups in total. The molecular formula is C21H31FIN7. The van der Waals surface area contributed by atoms with Crippen LogP contribution in [0.2, 0.25) is 0 Å². The second-order valence-corrected chi connectivity index (χ2v) is 7.25. The number of hydrogen-bond acceptors (Lipinski definition) is 5. The summed E-state index contributed by atoms with van der Waals surface area (Å²) in [6.45, 7) is 6.80. The summed E-state index contributed by atoms with van der Waals surface area (Å²) in [7, 11) is 3.99. The molecule has 1 aromatic heterocycles. The second kappa shape index (κ2) is 12.0. The minimum absolute atomic E-state index is 0. The van der Waals surface area contributed by atoms with E-state index in [4.69, 9.17) is 4.99 Å². The Kier molecular flexibility index (Phi) is 9.70. The number of hydrogen-bond donors (Lipinski definition) is 1. The zero-order valence-electron chi connectivity index (χ0n) is 17.8. The lowest BCUT2D eigenvalue weighted by Gasteiger charge is -2.36. The smallest absolute Gasteiger partial charge is 0.225 e. The number of guanidine groups is 1. The highest BCUT2D eigenvalue weighted by molar-refractivity contribution is 14.0. The lowest BCUT2D eigenvalue weighted by Crippen LogP contribution is -2.53. The number of aromatic nitrogens is 2. The van der Waals surface area contributed by atoms with Crippen LogP contribution in [0.1, 0.15) is 18.5 Å². The lowest BCUT2D eigenvalue weighted by molar-refractivity contribution is 0.302. The quantitative estimate of drug-likeness (QED) is 0.354. The third-order valence-electron chi connectivity index (χ3n) is 5.02. The van der Waals surface area contributed by atoms with E-state index in [0.29, 0.717) is 6.54 Å². The van der Waals surface area contributed by atoms with E-state index in [2.05, 4.69) is 36.9 Å². The predicted octanol–water partition coefficient (Wildman–Crippen LogP) is 2.62. The minimum atomic E-state index is -0.218. The number of likely N-dealkylation sites (N-methyl/N-ethyl adjacent to an activating group) is 1. The van der Waals surface area contributed by atoms with Crippen LogP contribution in [0, 0.1) is 5.82 Å². The molecular weight excluding hydrogens is 496 g/mol. The summed E-state index contributed by atoms with van der Waals surface area (Å²) in [6.07, 6.45) is 3.54. The second-order valence-electron chi connectivity index (χ2n) is 7.25. The molecule has 3 rings (SSSR count). The highest BCUT2D eigenvalue weighted by Gasteiger charge is 2.22. The number of piperazine rings is 1. The Bertz CT molecular complexity index is 795. The number of nitrogens with zero attached hydrogens (tertiary/aromatic N) is 6. The van der Waals surface area contributed by atoms with E-state index in [9.17, 15) is 4.39 Å². The zero-order chi connectivity index (χ0) is 20.6. The van der Waals surface area contributed by atoms with Crippen molar-refractivity contribution in [2.75, 3.05) is 58.3 Å². The lowest BCUT2D eigenvalue weighted by atomic mass is 10.1. The first-order valence-corrected chi connectivity index (χ1v) is 10.1. The first-order valence-electron chi connectivity index (χ1n) is 10.1. The van der Waals surface area contributed by atoms with Gasteiger partial charge in [0.25, 0.3) is 0 Å². The molecule has 1 aliphatic heterocycles. The molecule has 30 heavy (non-hydrogen) atoms. The largest absolute Gasteiger partial charge is 0.357 e. The van der Waals surface area contributed by atoms with Gasteiger partial charge in [0.05, 0.1) is 12.6 Å². The Morgan fingerprint density at radius 1 is 1.17 bits per heavy atom. The third-order valence-corrected chi connectivity index (χ3v) is 5.02. The van der Waals surface area contributed by atoms with Gasteiger partial charge in [-0.15, -0.1) is 24.0 Å². The molecule has 0 spiro atoms. The maximum atomic E-state index is 13.7. The van der Waals surface area contributed by atoms with Gasteiger partial charge in [0.2, 0.25) is 5.95 Å². The summed E-state index contributed by atoms with van der Waals surface area (Å²) < 4.78 is 13.7. The van der Waals surface area contributed by atoms with Gasteiger partial charge in [-0.25, -0.2) is 14.4 Å². The minimum Gasteiger partial charge on any atom is -0.357 e. The van der Waals surface area contributed by atoms with Crippen LogP contribution >= 0.6 is 24.0 Å². The fraction of sp³-hybridized carbons (Fsp3) is 0.476. The standard InChI is InChI=1S/C21H30FN7.HI/c1-4-23-20(26-16-19(27(2)3)17-7-5-8-18(22)15-17)28-11-13-29(14-12-28)21-24-9-6-10-25-21;/h5-10,15,19H,4,11-14,16H2,1-3H3,(H,23,26);1H. The Morgan fingerprint density at radius 3 is 2.47 bits per heavy atom. The van der Waals surface area contributed by atoms with Crippen molar-refractivity contribution in [1.82, 2.24) is 25.1 Å². The molecule has 1 aliphatic rings. The normalized spacial score (nSPS) is 15.7. The zero-order valence-corrected chi connectivity index (χ0v) is 20.2. The van der Waals surface area contributed by atoms with Crippen molar-refractivity contribution in [2.45, 2.75) is 13.0 Å². The predicted molar refractivity (Wildman–Crippen MR) is 130 cm³/mol. The fourth-order valence-electron chi connectivity index (χ4n) is 3.45. The molecule has 164 valence electrons. The Morgan fingerprint density at radius 2 is 1.87 bits per heavy atom. The van der Waals surface area contributed by atoms with Crippen LogP contribution in [0.5, 0.6) is 0 Å². The van der Waals surface area contributed by atoms with Crippen molar-refractivity contribution in [1.29, 1.82) is 0 Å². The van der Waals surface area contributed by atoms with E-state index in [1.165, 1.54) is 6.07 Å². The summed E-state index contributed by atoms with van der Waals surface area (Å²) in [5.41, 5.74) is 0.931. The monoisotopic (exact) mass is 527 g/mol. The van der Waals surface area contributed by atoms with Crippen LogP contribution in [-0.2, 0) is 0 Å². The molecule has 9 heteroatoms. The van der Waals surface area contributed by atoms with Crippen LogP contribution in [-0.4, -0.2) is 79.1 Å². The molecule has 0 bridgehead atoms. The molecule has 0 amide bonds. The van der Waals surface area contributed by atoms with Gasteiger partial charge >= 0.3 is 0 Å². The molecule has 0 radical (unpaired) electrons. The van der Waals surface area contributed by atoms with E-state index in [1.807, 2.05) is 26.2 Å². The Labute approximate surface area is 195 Å². The average molecular weight is 527 g/mol. The van der Waals surface area contributed by atoms with Crippen molar-refractivity contribution >= 4 is 35.9 Å².